The molecule has 1 heterocycles. The Morgan fingerprint density at radius 1 is 1.12 bits per heavy atom. The molecule has 1 aliphatic rings. The first kappa shape index (κ1) is 19.4. The van der Waals surface area contributed by atoms with Crippen LogP contribution in [0.15, 0.2) is 24.3 Å². The van der Waals surface area contributed by atoms with E-state index in [9.17, 15) is 9.59 Å². The smallest absolute Gasteiger partial charge is 0.220 e. The molecule has 0 radical (unpaired) electrons. The summed E-state index contributed by atoms with van der Waals surface area (Å²) in [6.07, 6.45) is 5.78. The third-order valence-corrected chi connectivity index (χ3v) is 4.48. The zero-order valence-corrected chi connectivity index (χ0v) is 15.2. The molecule has 0 spiro atoms. The standard InChI is InChI=1S/C20H30N2O3/c1-2-3-4-15-25-18-7-5-16(6-8-18)19(23)9-10-20(24)22-17-11-13-21-14-12-17/h5-8,17,21H,2-4,9-15H2,1H3,(H,22,24). The molecule has 0 unspecified atom stereocenters. The predicted octanol–water partition coefficient (Wildman–Crippen LogP) is 3.09. The molecule has 0 aromatic heterocycles. The van der Waals surface area contributed by atoms with Crippen molar-refractivity contribution in [1.82, 2.24) is 10.6 Å². The number of amides is 1. The Morgan fingerprint density at radius 3 is 2.52 bits per heavy atom. The zero-order valence-electron chi connectivity index (χ0n) is 15.2. The molecule has 0 bridgehead atoms. The van der Waals surface area contributed by atoms with E-state index >= 15 is 0 Å². The zero-order chi connectivity index (χ0) is 17.9. The molecule has 2 rings (SSSR count). The molecule has 0 saturated carbocycles. The van der Waals surface area contributed by atoms with Crippen molar-refractivity contribution in [1.29, 1.82) is 0 Å². The molecule has 2 N–H and O–H groups in total. The molecule has 5 heteroatoms. The van der Waals surface area contributed by atoms with E-state index in [4.69, 9.17) is 4.74 Å². The number of ether oxygens (including phenoxy) is 1. The quantitative estimate of drug-likeness (QED) is 0.505. The van der Waals surface area contributed by atoms with Gasteiger partial charge in [-0.05, 0) is 56.6 Å². The Balaban J connectivity index is 1.69. The Kier molecular flexibility index (Phi) is 8.46. The van der Waals surface area contributed by atoms with Crippen LogP contribution in [0.2, 0.25) is 0 Å². The SMILES string of the molecule is CCCCCOc1ccc(C(=O)CCC(=O)NC2CCNCC2)cc1. The summed E-state index contributed by atoms with van der Waals surface area (Å²) >= 11 is 0. The van der Waals surface area contributed by atoms with Crippen LogP contribution in [0.3, 0.4) is 0 Å². The summed E-state index contributed by atoms with van der Waals surface area (Å²) in [5, 5.41) is 6.28. The third kappa shape index (κ3) is 7.26. The molecule has 0 atom stereocenters. The highest BCUT2D eigenvalue weighted by Crippen LogP contribution is 2.15. The molecule has 1 aromatic rings. The molecule has 1 aliphatic heterocycles. The number of Topliss-reactive ketones (excluding diaryl/α,β-unsaturated/α-hetero) is 1. The van der Waals surface area contributed by atoms with Crippen molar-refractivity contribution in [2.45, 2.75) is 57.9 Å². The van der Waals surface area contributed by atoms with Crippen molar-refractivity contribution in [2.24, 2.45) is 0 Å². The molecule has 1 fully saturated rings. The highest BCUT2D eigenvalue weighted by atomic mass is 16.5. The van der Waals surface area contributed by atoms with Crippen molar-refractivity contribution in [3.63, 3.8) is 0 Å². The number of hydrogen-bond acceptors (Lipinski definition) is 4. The molecular formula is C20H30N2O3. The first-order valence-electron chi connectivity index (χ1n) is 9.45. The van der Waals surface area contributed by atoms with E-state index in [1.807, 2.05) is 12.1 Å². The van der Waals surface area contributed by atoms with Crippen LogP contribution in [0.25, 0.3) is 0 Å². The van der Waals surface area contributed by atoms with Crippen molar-refractivity contribution in [3.8, 4) is 5.75 Å². The van der Waals surface area contributed by atoms with Crippen LogP contribution < -0.4 is 15.4 Å². The lowest BCUT2D eigenvalue weighted by Crippen LogP contribution is -2.42. The van der Waals surface area contributed by atoms with Crippen LogP contribution in [0.5, 0.6) is 5.75 Å². The number of carbonyl (C=O) groups excluding carboxylic acids is 2. The maximum atomic E-state index is 12.2. The number of hydrogen-bond donors (Lipinski definition) is 2. The second kappa shape index (κ2) is 10.9. The van der Waals surface area contributed by atoms with E-state index in [1.54, 1.807) is 12.1 Å². The van der Waals surface area contributed by atoms with Crippen LogP contribution in [-0.4, -0.2) is 37.4 Å². The van der Waals surface area contributed by atoms with Crippen LogP contribution in [0.4, 0.5) is 0 Å². The number of nitrogens with one attached hydrogen (secondary N) is 2. The molecule has 1 aromatic carbocycles. The summed E-state index contributed by atoms with van der Waals surface area (Å²) in [5.41, 5.74) is 0.635. The first-order chi connectivity index (χ1) is 12.2. The maximum Gasteiger partial charge on any atom is 0.220 e. The lowest BCUT2D eigenvalue weighted by Gasteiger charge is -2.23. The van der Waals surface area contributed by atoms with Gasteiger partial charge in [-0.15, -0.1) is 0 Å². The number of carbonyl (C=O) groups is 2. The summed E-state index contributed by atoms with van der Waals surface area (Å²) in [4.78, 5) is 24.2. The second-order valence-electron chi connectivity index (χ2n) is 6.59. The maximum absolute atomic E-state index is 12.2. The normalized spacial score (nSPS) is 14.9. The van der Waals surface area contributed by atoms with E-state index in [0.29, 0.717) is 12.2 Å². The molecule has 25 heavy (non-hydrogen) atoms. The molecule has 1 saturated heterocycles. The molecular weight excluding hydrogens is 316 g/mol. The largest absolute Gasteiger partial charge is 0.494 e. The Morgan fingerprint density at radius 2 is 1.84 bits per heavy atom. The van der Waals surface area contributed by atoms with Gasteiger partial charge in [0.1, 0.15) is 5.75 Å². The monoisotopic (exact) mass is 346 g/mol. The number of piperidine rings is 1. The Hall–Kier alpha value is -1.88. The minimum Gasteiger partial charge on any atom is -0.494 e. The van der Waals surface area contributed by atoms with Gasteiger partial charge in [0.05, 0.1) is 6.61 Å². The van der Waals surface area contributed by atoms with Crippen LogP contribution in [-0.2, 0) is 4.79 Å². The molecule has 0 aliphatic carbocycles. The van der Waals surface area contributed by atoms with Crippen molar-refractivity contribution in [3.05, 3.63) is 29.8 Å². The third-order valence-electron chi connectivity index (χ3n) is 4.48. The fraction of sp³-hybridized carbons (Fsp3) is 0.600. The van der Waals surface area contributed by atoms with E-state index in [1.165, 1.54) is 6.42 Å². The van der Waals surface area contributed by atoms with Gasteiger partial charge in [-0.25, -0.2) is 0 Å². The van der Waals surface area contributed by atoms with Gasteiger partial charge in [-0.3, -0.25) is 9.59 Å². The van der Waals surface area contributed by atoms with Gasteiger partial charge in [0.25, 0.3) is 0 Å². The Labute approximate surface area is 150 Å². The van der Waals surface area contributed by atoms with Crippen LogP contribution >= 0.6 is 0 Å². The first-order valence-corrected chi connectivity index (χ1v) is 9.45. The highest BCUT2D eigenvalue weighted by Gasteiger charge is 2.16. The summed E-state index contributed by atoms with van der Waals surface area (Å²) in [6, 6.07) is 7.46. The molecule has 138 valence electrons. The van der Waals surface area contributed by atoms with E-state index < -0.39 is 0 Å². The van der Waals surface area contributed by atoms with Gasteiger partial charge in [0.2, 0.25) is 5.91 Å². The highest BCUT2D eigenvalue weighted by molar-refractivity contribution is 5.98. The minimum atomic E-state index is -0.0314. The summed E-state index contributed by atoms with van der Waals surface area (Å²) in [5.74, 6) is 0.755. The van der Waals surface area contributed by atoms with Gasteiger partial charge in [0.15, 0.2) is 5.78 Å². The average molecular weight is 346 g/mol. The fourth-order valence-electron chi connectivity index (χ4n) is 2.92. The molecule has 1 amide bonds. The number of benzene rings is 1. The lowest BCUT2D eigenvalue weighted by molar-refractivity contribution is -0.121. The van der Waals surface area contributed by atoms with Gasteiger partial charge in [-0.1, -0.05) is 19.8 Å². The van der Waals surface area contributed by atoms with E-state index in [0.717, 1.165) is 44.5 Å². The van der Waals surface area contributed by atoms with E-state index in [2.05, 4.69) is 17.6 Å². The van der Waals surface area contributed by atoms with Gasteiger partial charge in [0, 0.05) is 24.4 Å². The fourth-order valence-corrected chi connectivity index (χ4v) is 2.92. The van der Waals surface area contributed by atoms with Crippen LogP contribution in [0, 0.1) is 0 Å². The Bertz CT molecular complexity index is 536. The minimum absolute atomic E-state index is 0.00186. The van der Waals surface area contributed by atoms with Crippen molar-refractivity contribution < 1.29 is 14.3 Å². The topological polar surface area (TPSA) is 67.4 Å². The number of unbranched alkanes of at least 4 members (excludes halogenated alkanes) is 2. The van der Waals surface area contributed by atoms with Crippen LogP contribution in [0.1, 0.15) is 62.2 Å². The average Bonchev–Trinajstić information content (AvgIpc) is 2.64. The van der Waals surface area contributed by atoms with Gasteiger partial charge in [-0.2, -0.15) is 0 Å². The number of ketones is 1. The molecule has 5 nitrogen and oxygen atoms in total. The van der Waals surface area contributed by atoms with Crippen molar-refractivity contribution >= 4 is 11.7 Å². The lowest BCUT2D eigenvalue weighted by atomic mass is 10.0. The van der Waals surface area contributed by atoms with Gasteiger partial charge < -0.3 is 15.4 Å². The van der Waals surface area contributed by atoms with Gasteiger partial charge >= 0.3 is 0 Å². The summed E-state index contributed by atoms with van der Waals surface area (Å²) < 4.78 is 5.65. The number of rotatable bonds is 10. The van der Waals surface area contributed by atoms with E-state index in [-0.39, 0.29) is 30.6 Å². The second-order valence-corrected chi connectivity index (χ2v) is 6.59. The predicted molar refractivity (Wildman–Crippen MR) is 99.1 cm³/mol. The summed E-state index contributed by atoms with van der Waals surface area (Å²) in [6.45, 7) is 4.75. The summed E-state index contributed by atoms with van der Waals surface area (Å²) in [7, 11) is 0. The van der Waals surface area contributed by atoms with Crippen molar-refractivity contribution in [2.75, 3.05) is 19.7 Å².